The van der Waals surface area contributed by atoms with Gasteiger partial charge >= 0.3 is 0 Å². The van der Waals surface area contributed by atoms with Crippen molar-refractivity contribution >= 4 is 0 Å². The quantitative estimate of drug-likeness (QED) is 0.735. The van der Waals surface area contributed by atoms with Crippen LogP contribution in [0.2, 0.25) is 0 Å². The third-order valence-corrected chi connectivity index (χ3v) is 3.57. The zero-order chi connectivity index (χ0) is 11.7. The lowest BCUT2D eigenvalue weighted by atomic mass is 9.98. The molecule has 17 heavy (non-hydrogen) atoms. The summed E-state index contributed by atoms with van der Waals surface area (Å²) in [4.78, 5) is 19.6. The highest BCUT2D eigenvalue weighted by Crippen LogP contribution is 2.23. The summed E-state index contributed by atoms with van der Waals surface area (Å²) in [6.45, 7) is 3.12. The maximum atomic E-state index is 12.0. The number of hydrogen-bond donors (Lipinski definition) is 2. The van der Waals surface area contributed by atoms with Crippen LogP contribution in [-0.4, -0.2) is 29.7 Å². The first-order chi connectivity index (χ1) is 8.34. The van der Waals surface area contributed by atoms with Gasteiger partial charge in [0.15, 0.2) is 0 Å². The molecule has 5 nitrogen and oxygen atoms in total. The van der Waals surface area contributed by atoms with Gasteiger partial charge < -0.3 is 15.0 Å². The van der Waals surface area contributed by atoms with Gasteiger partial charge in [0.2, 0.25) is 0 Å². The highest BCUT2D eigenvalue weighted by atomic mass is 16.5. The molecule has 5 heteroatoms. The fourth-order valence-corrected chi connectivity index (χ4v) is 2.55. The molecule has 0 aromatic carbocycles. The van der Waals surface area contributed by atoms with Crippen LogP contribution >= 0.6 is 0 Å². The highest BCUT2D eigenvalue weighted by molar-refractivity contribution is 5.21. The third kappa shape index (κ3) is 2.12. The molecule has 0 radical (unpaired) electrons. The van der Waals surface area contributed by atoms with E-state index in [9.17, 15) is 4.79 Å². The molecule has 1 saturated heterocycles. The monoisotopic (exact) mass is 235 g/mol. The first kappa shape index (κ1) is 10.9. The van der Waals surface area contributed by atoms with Crippen LogP contribution in [0.5, 0.6) is 0 Å². The van der Waals surface area contributed by atoms with Crippen molar-refractivity contribution in [2.45, 2.75) is 31.7 Å². The van der Waals surface area contributed by atoms with Gasteiger partial charge in [-0.2, -0.15) is 0 Å². The van der Waals surface area contributed by atoms with Crippen molar-refractivity contribution in [2.75, 3.05) is 19.8 Å². The Morgan fingerprint density at radius 3 is 2.94 bits per heavy atom. The van der Waals surface area contributed by atoms with Crippen LogP contribution in [0, 0.1) is 0 Å². The van der Waals surface area contributed by atoms with Crippen molar-refractivity contribution in [3.63, 3.8) is 0 Å². The van der Waals surface area contributed by atoms with E-state index in [4.69, 9.17) is 4.74 Å². The molecule has 0 unspecified atom stereocenters. The van der Waals surface area contributed by atoms with E-state index in [1.807, 2.05) is 0 Å². The summed E-state index contributed by atoms with van der Waals surface area (Å²) in [6.07, 6.45) is 2.69. The smallest absolute Gasteiger partial charge is 0.254 e. The van der Waals surface area contributed by atoms with Gasteiger partial charge in [0.25, 0.3) is 5.56 Å². The maximum absolute atomic E-state index is 12.0. The lowest BCUT2D eigenvalue weighted by Gasteiger charge is -2.23. The molecular formula is C12H17N3O2. The largest absolute Gasteiger partial charge is 0.381 e. The van der Waals surface area contributed by atoms with Gasteiger partial charge in [0, 0.05) is 31.2 Å². The second-order valence-electron chi connectivity index (χ2n) is 4.69. The number of hydrogen-bond acceptors (Lipinski definition) is 4. The molecule has 0 saturated carbocycles. The Bertz CT molecular complexity index is 463. The average molecular weight is 235 g/mol. The van der Waals surface area contributed by atoms with Gasteiger partial charge in [-0.3, -0.25) is 4.79 Å². The molecule has 0 amide bonds. The Morgan fingerprint density at radius 2 is 2.12 bits per heavy atom. The second-order valence-corrected chi connectivity index (χ2v) is 4.69. The highest BCUT2D eigenvalue weighted by Gasteiger charge is 2.21. The van der Waals surface area contributed by atoms with Crippen LogP contribution in [-0.2, 0) is 17.7 Å². The zero-order valence-corrected chi connectivity index (χ0v) is 9.79. The maximum Gasteiger partial charge on any atom is 0.254 e. The Hall–Kier alpha value is -1.20. The normalized spacial score (nSPS) is 21.2. The van der Waals surface area contributed by atoms with Crippen molar-refractivity contribution in [2.24, 2.45) is 0 Å². The van der Waals surface area contributed by atoms with Crippen LogP contribution in [0.1, 0.15) is 35.8 Å². The van der Waals surface area contributed by atoms with Crippen molar-refractivity contribution in [3.05, 3.63) is 27.4 Å². The zero-order valence-electron chi connectivity index (χ0n) is 9.79. The predicted molar refractivity (Wildman–Crippen MR) is 63.1 cm³/mol. The van der Waals surface area contributed by atoms with Gasteiger partial charge in [-0.05, 0) is 25.8 Å². The van der Waals surface area contributed by atoms with E-state index in [2.05, 4.69) is 15.3 Å². The third-order valence-electron chi connectivity index (χ3n) is 3.57. The van der Waals surface area contributed by atoms with Gasteiger partial charge in [0.05, 0.1) is 5.69 Å². The Balaban J connectivity index is 1.95. The molecule has 2 N–H and O–H groups in total. The molecular weight excluding hydrogens is 218 g/mol. The van der Waals surface area contributed by atoms with Gasteiger partial charge in [0.1, 0.15) is 5.82 Å². The summed E-state index contributed by atoms with van der Waals surface area (Å²) in [6, 6.07) is 0. The van der Waals surface area contributed by atoms with E-state index < -0.39 is 0 Å². The Kier molecular flexibility index (Phi) is 2.94. The summed E-state index contributed by atoms with van der Waals surface area (Å²) >= 11 is 0. The van der Waals surface area contributed by atoms with Crippen LogP contribution in [0.25, 0.3) is 0 Å². The minimum atomic E-state index is 0.0537. The first-order valence-electron chi connectivity index (χ1n) is 6.25. The number of aromatic nitrogens is 2. The van der Waals surface area contributed by atoms with Crippen LogP contribution < -0.4 is 10.9 Å². The van der Waals surface area contributed by atoms with Crippen molar-refractivity contribution in [3.8, 4) is 0 Å². The predicted octanol–water partition coefficient (Wildman–Crippen LogP) is 0.310. The molecule has 0 aliphatic carbocycles. The lowest BCUT2D eigenvalue weighted by Crippen LogP contribution is -2.32. The van der Waals surface area contributed by atoms with Crippen molar-refractivity contribution in [1.82, 2.24) is 15.3 Å². The number of H-pyrrole nitrogens is 1. The van der Waals surface area contributed by atoms with Gasteiger partial charge in [-0.25, -0.2) is 4.98 Å². The SMILES string of the molecule is O=c1[nH]c(C2CCOCC2)nc2c1CCNC2. The van der Waals surface area contributed by atoms with Crippen LogP contribution in [0.3, 0.4) is 0 Å². The molecule has 1 fully saturated rings. The lowest BCUT2D eigenvalue weighted by molar-refractivity contribution is 0.0834. The van der Waals surface area contributed by atoms with Crippen molar-refractivity contribution < 1.29 is 4.74 Å². The number of nitrogens with one attached hydrogen (secondary N) is 2. The number of ether oxygens (including phenoxy) is 1. The van der Waals surface area contributed by atoms with Crippen LogP contribution in [0.4, 0.5) is 0 Å². The summed E-state index contributed by atoms with van der Waals surface area (Å²) in [5.74, 6) is 1.20. The summed E-state index contributed by atoms with van der Waals surface area (Å²) in [5.41, 5.74) is 1.85. The molecule has 2 aliphatic rings. The first-order valence-corrected chi connectivity index (χ1v) is 6.25. The summed E-state index contributed by atoms with van der Waals surface area (Å²) < 4.78 is 5.33. The molecule has 0 spiro atoms. The van der Waals surface area contributed by atoms with Crippen LogP contribution in [0.15, 0.2) is 4.79 Å². The van der Waals surface area contributed by atoms with E-state index in [1.165, 1.54) is 0 Å². The molecule has 3 heterocycles. The van der Waals surface area contributed by atoms with Crippen molar-refractivity contribution in [1.29, 1.82) is 0 Å². The van der Waals surface area contributed by atoms with E-state index in [0.717, 1.165) is 62.6 Å². The van der Waals surface area contributed by atoms with E-state index in [0.29, 0.717) is 5.92 Å². The molecule has 0 atom stereocenters. The van der Waals surface area contributed by atoms with Gasteiger partial charge in [-0.1, -0.05) is 0 Å². The Morgan fingerprint density at radius 1 is 1.29 bits per heavy atom. The second kappa shape index (κ2) is 4.58. The van der Waals surface area contributed by atoms with E-state index in [-0.39, 0.29) is 5.56 Å². The number of rotatable bonds is 1. The minimum absolute atomic E-state index is 0.0537. The fourth-order valence-electron chi connectivity index (χ4n) is 2.55. The Labute approximate surface area is 99.6 Å². The number of aromatic amines is 1. The van der Waals surface area contributed by atoms with Gasteiger partial charge in [-0.15, -0.1) is 0 Å². The standard InChI is InChI=1S/C12H17N3O2/c16-12-9-1-4-13-7-10(9)14-11(15-12)8-2-5-17-6-3-8/h8,13H,1-7H2,(H,14,15,16). The molecule has 92 valence electrons. The van der Waals surface area contributed by atoms with E-state index in [1.54, 1.807) is 0 Å². The molecule has 2 aliphatic heterocycles. The molecule has 3 rings (SSSR count). The molecule has 0 bridgehead atoms. The van der Waals surface area contributed by atoms with E-state index >= 15 is 0 Å². The number of nitrogens with zero attached hydrogens (tertiary/aromatic N) is 1. The fraction of sp³-hybridized carbons (Fsp3) is 0.667. The summed E-state index contributed by atoms with van der Waals surface area (Å²) in [5, 5.41) is 3.26. The molecule has 1 aromatic heterocycles. The summed E-state index contributed by atoms with van der Waals surface area (Å²) in [7, 11) is 0. The number of fused-ring (bicyclic) bond motifs is 1. The minimum Gasteiger partial charge on any atom is -0.381 e. The topological polar surface area (TPSA) is 67.0 Å². The average Bonchev–Trinajstić information content (AvgIpc) is 2.40. The molecule has 1 aromatic rings.